The van der Waals surface area contributed by atoms with Crippen LogP contribution in [0.1, 0.15) is 12.8 Å². The van der Waals surface area contributed by atoms with Gasteiger partial charge in [0.05, 0.1) is 0 Å². The van der Waals surface area contributed by atoms with Crippen LogP contribution in [0.2, 0.25) is 0 Å². The Bertz CT molecular complexity index is 525. The summed E-state index contributed by atoms with van der Waals surface area (Å²) < 4.78 is 77.5. The maximum atomic E-state index is 13.2. The topological polar surface area (TPSA) is 73.5 Å². The van der Waals surface area contributed by atoms with Crippen LogP contribution in [0.25, 0.3) is 0 Å². The van der Waals surface area contributed by atoms with Crippen molar-refractivity contribution in [2.24, 2.45) is 5.92 Å². The van der Waals surface area contributed by atoms with Gasteiger partial charge in [-0.25, -0.2) is 0 Å². The Morgan fingerprint density at radius 3 is 2.22 bits per heavy atom. The van der Waals surface area contributed by atoms with Crippen LogP contribution >= 0.6 is 12.4 Å². The first kappa shape index (κ1) is 23.8. The molecular formula is C14H21ClF6N4O2. The van der Waals surface area contributed by atoms with E-state index >= 15 is 0 Å². The molecule has 27 heavy (non-hydrogen) atoms. The molecule has 0 spiro atoms. The summed E-state index contributed by atoms with van der Waals surface area (Å²) in [5.74, 6) is -3.54. The fourth-order valence-corrected chi connectivity index (χ4v) is 3.07. The van der Waals surface area contributed by atoms with Crippen molar-refractivity contribution in [1.82, 2.24) is 20.9 Å². The van der Waals surface area contributed by atoms with E-state index < -0.39 is 55.1 Å². The van der Waals surface area contributed by atoms with Gasteiger partial charge in [-0.05, 0) is 12.8 Å². The Morgan fingerprint density at radius 2 is 1.74 bits per heavy atom. The maximum Gasteiger partial charge on any atom is 0.408 e. The molecule has 2 saturated heterocycles. The molecule has 2 fully saturated rings. The number of hydrogen-bond donors (Lipinski definition) is 3. The molecule has 2 aliphatic rings. The van der Waals surface area contributed by atoms with Gasteiger partial charge < -0.3 is 16.0 Å². The Morgan fingerprint density at radius 1 is 1.15 bits per heavy atom. The second-order valence-corrected chi connectivity index (χ2v) is 6.32. The highest BCUT2D eigenvalue weighted by atomic mass is 35.5. The number of amides is 2. The van der Waals surface area contributed by atoms with E-state index in [0.29, 0.717) is 13.1 Å². The van der Waals surface area contributed by atoms with E-state index in [-0.39, 0.29) is 31.9 Å². The summed E-state index contributed by atoms with van der Waals surface area (Å²) >= 11 is 0. The number of nitrogens with zero attached hydrogens (tertiary/aromatic N) is 1. The van der Waals surface area contributed by atoms with E-state index in [2.05, 4.69) is 10.6 Å². The summed E-state index contributed by atoms with van der Waals surface area (Å²) in [5.41, 5.74) is 0. The van der Waals surface area contributed by atoms with E-state index in [9.17, 15) is 35.9 Å². The first-order valence-corrected chi connectivity index (χ1v) is 8.16. The summed E-state index contributed by atoms with van der Waals surface area (Å²) in [6.45, 7) is 0.304. The molecule has 2 amide bonds. The first-order valence-electron chi connectivity index (χ1n) is 8.16. The average Bonchev–Trinajstić information content (AvgIpc) is 2.53. The minimum absolute atomic E-state index is 0. The number of halogens is 7. The molecule has 3 N–H and O–H groups in total. The van der Waals surface area contributed by atoms with Crippen LogP contribution in [-0.4, -0.2) is 73.9 Å². The number of carbonyl (C=O) groups is 2. The lowest BCUT2D eigenvalue weighted by atomic mass is 9.92. The normalized spacial score (nSPS) is 25.9. The van der Waals surface area contributed by atoms with Gasteiger partial charge in [0, 0.05) is 32.7 Å². The van der Waals surface area contributed by atoms with Crippen LogP contribution in [0.3, 0.4) is 0 Å². The highest BCUT2D eigenvalue weighted by Crippen LogP contribution is 2.29. The number of rotatable bonds is 4. The molecule has 0 aliphatic carbocycles. The number of carbonyl (C=O) groups excluding carboxylic acids is 2. The fraction of sp³-hybridized carbons (Fsp3) is 0.857. The molecule has 158 valence electrons. The molecule has 0 aromatic rings. The SMILES string of the molecule is Cl.O=C(NCC(N1CCNCC1)C(F)(F)F)C1CCC(C(F)(F)F)NC1=O. The van der Waals surface area contributed by atoms with Crippen molar-refractivity contribution in [2.75, 3.05) is 32.7 Å². The molecule has 0 radical (unpaired) electrons. The van der Waals surface area contributed by atoms with Crippen LogP contribution in [0, 0.1) is 5.92 Å². The number of hydrogen-bond acceptors (Lipinski definition) is 4. The molecule has 0 bridgehead atoms. The van der Waals surface area contributed by atoms with E-state index in [1.165, 1.54) is 4.90 Å². The number of alkyl halides is 6. The van der Waals surface area contributed by atoms with E-state index in [4.69, 9.17) is 0 Å². The third-order valence-corrected chi connectivity index (χ3v) is 4.53. The number of piperidine rings is 1. The summed E-state index contributed by atoms with van der Waals surface area (Å²) in [4.78, 5) is 24.9. The van der Waals surface area contributed by atoms with Gasteiger partial charge in [0.25, 0.3) is 0 Å². The summed E-state index contributed by atoms with van der Waals surface area (Å²) in [5, 5.41) is 6.70. The Kier molecular flexibility index (Phi) is 8.17. The maximum absolute atomic E-state index is 13.2. The lowest BCUT2D eigenvalue weighted by molar-refractivity contribution is -0.184. The fourth-order valence-electron chi connectivity index (χ4n) is 3.07. The molecule has 2 aliphatic heterocycles. The van der Waals surface area contributed by atoms with Crippen LogP contribution in [0.5, 0.6) is 0 Å². The smallest absolute Gasteiger partial charge is 0.353 e. The van der Waals surface area contributed by atoms with Crippen molar-refractivity contribution in [3.8, 4) is 0 Å². The van der Waals surface area contributed by atoms with Crippen molar-refractivity contribution in [3.05, 3.63) is 0 Å². The monoisotopic (exact) mass is 426 g/mol. The molecule has 0 aromatic carbocycles. The second-order valence-electron chi connectivity index (χ2n) is 6.32. The van der Waals surface area contributed by atoms with E-state index in [1.807, 2.05) is 0 Å². The molecular weight excluding hydrogens is 406 g/mol. The zero-order valence-corrected chi connectivity index (χ0v) is 14.9. The standard InChI is InChI=1S/C14H20F6N4O2.ClH/c15-13(16,17)9-2-1-8(12(26)23-9)11(25)22-7-10(14(18,19)20)24-5-3-21-4-6-24;/h8-10,21H,1-7H2,(H,22,25)(H,23,26);1H. The van der Waals surface area contributed by atoms with Crippen molar-refractivity contribution in [3.63, 3.8) is 0 Å². The lowest BCUT2D eigenvalue weighted by Crippen LogP contribution is -2.59. The minimum atomic E-state index is -4.62. The van der Waals surface area contributed by atoms with Crippen LogP contribution in [0.15, 0.2) is 0 Å². The molecule has 13 heteroatoms. The highest BCUT2D eigenvalue weighted by molar-refractivity contribution is 6.00. The number of piperazine rings is 1. The summed E-state index contributed by atoms with van der Waals surface area (Å²) in [7, 11) is 0. The lowest BCUT2D eigenvalue weighted by Gasteiger charge is -2.36. The summed E-state index contributed by atoms with van der Waals surface area (Å²) in [6, 6.07) is -3.95. The number of nitrogens with one attached hydrogen (secondary N) is 3. The molecule has 0 aromatic heterocycles. The van der Waals surface area contributed by atoms with Gasteiger partial charge in [-0.2, -0.15) is 26.3 Å². The van der Waals surface area contributed by atoms with Gasteiger partial charge in [-0.3, -0.25) is 14.5 Å². The largest absolute Gasteiger partial charge is 0.408 e. The average molecular weight is 427 g/mol. The van der Waals surface area contributed by atoms with E-state index in [1.54, 1.807) is 5.32 Å². The van der Waals surface area contributed by atoms with Gasteiger partial charge in [0.15, 0.2) is 0 Å². The van der Waals surface area contributed by atoms with E-state index in [0.717, 1.165) is 0 Å². The zero-order valence-electron chi connectivity index (χ0n) is 14.1. The molecule has 0 saturated carbocycles. The van der Waals surface area contributed by atoms with Crippen molar-refractivity contribution in [2.45, 2.75) is 37.3 Å². The third kappa shape index (κ3) is 6.39. The first-order chi connectivity index (χ1) is 12.0. The molecule has 3 unspecified atom stereocenters. The van der Waals surface area contributed by atoms with Crippen LogP contribution in [0.4, 0.5) is 26.3 Å². The van der Waals surface area contributed by atoms with Crippen LogP contribution < -0.4 is 16.0 Å². The van der Waals surface area contributed by atoms with Gasteiger partial charge in [0.1, 0.15) is 18.0 Å². The Labute approximate surface area is 157 Å². The zero-order chi connectivity index (χ0) is 19.5. The van der Waals surface area contributed by atoms with Crippen molar-refractivity contribution < 1.29 is 35.9 Å². The summed E-state index contributed by atoms with van der Waals surface area (Å²) in [6.07, 6.45) is -10.1. The van der Waals surface area contributed by atoms with Gasteiger partial charge in [0.2, 0.25) is 11.8 Å². The predicted molar refractivity (Wildman–Crippen MR) is 85.3 cm³/mol. The van der Waals surface area contributed by atoms with Gasteiger partial charge in [-0.1, -0.05) is 0 Å². The van der Waals surface area contributed by atoms with Gasteiger partial charge in [-0.15, -0.1) is 12.4 Å². The Balaban J connectivity index is 0.00000364. The molecule has 2 heterocycles. The molecule has 3 atom stereocenters. The second kappa shape index (κ2) is 9.28. The van der Waals surface area contributed by atoms with Crippen molar-refractivity contribution in [1.29, 1.82) is 0 Å². The van der Waals surface area contributed by atoms with Gasteiger partial charge >= 0.3 is 12.4 Å². The molecule has 2 rings (SSSR count). The van der Waals surface area contributed by atoms with Crippen molar-refractivity contribution >= 4 is 24.2 Å². The third-order valence-electron chi connectivity index (χ3n) is 4.53. The predicted octanol–water partition coefficient (Wildman–Crippen LogP) is 0.818. The van der Waals surface area contributed by atoms with Crippen LogP contribution in [-0.2, 0) is 9.59 Å². The molecule has 6 nitrogen and oxygen atoms in total. The highest BCUT2D eigenvalue weighted by Gasteiger charge is 2.47. The quantitative estimate of drug-likeness (QED) is 0.460. The Hall–Kier alpha value is -1.27. The minimum Gasteiger partial charge on any atom is -0.353 e.